The van der Waals surface area contributed by atoms with E-state index in [0.29, 0.717) is 5.69 Å². The standard InChI is InChI=1S/C10H9N3O/c11-8-3-1-7(2-4-8)9-5-6-10(14)13-12-9/h1-6,9H,11H2. The molecule has 4 nitrogen and oxygen atoms in total. The van der Waals surface area contributed by atoms with E-state index < -0.39 is 0 Å². The highest BCUT2D eigenvalue weighted by Gasteiger charge is 2.10. The number of nitrogens with two attached hydrogens (primary N) is 1. The molecule has 0 aromatic heterocycles. The molecule has 1 heterocycles. The van der Waals surface area contributed by atoms with Crippen LogP contribution >= 0.6 is 0 Å². The third-order valence-electron chi connectivity index (χ3n) is 1.98. The van der Waals surface area contributed by atoms with Crippen molar-refractivity contribution in [2.24, 2.45) is 10.2 Å². The van der Waals surface area contributed by atoms with E-state index >= 15 is 0 Å². The van der Waals surface area contributed by atoms with Crippen LogP contribution < -0.4 is 5.73 Å². The first-order chi connectivity index (χ1) is 6.75. The van der Waals surface area contributed by atoms with Gasteiger partial charge in [0.1, 0.15) is 6.04 Å². The topological polar surface area (TPSA) is 67.8 Å². The number of azo groups is 1. The lowest BCUT2D eigenvalue weighted by atomic mass is 10.1. The Bertz CT molecular complexity index is 390. The smallest absolute Gasteiger partial charge is 0.287 e. The lowest BCUT2D eigenvalue weighted by Crippen LogP contribution is -1.99. The number of hydrogen-bond donors (Lipinski definition) is 1. The summed E-state index contributed by atoms with van der Waals surface area (Å²) in [6, 6.07) is 7.19. The van der Waals surface area contributed by atoms with Crippen LogP contribution in [0.4, 0.5) is 5.69 Å². The van der Waals surface area contributed by atoms with Gasteiger partial charge in [0.2, 0.25) is 0 Å². The summed E-state index contributed by atoms with van der Waals surface area (Å²) in [4.78, 5) is 10.7. The monoisotopic (exact) mass is 187 g/mol. The molecule has 1 aliphatic heterocycles. The first kappa shape index (κ1) is 8.62. The lowest BCUT2D eigenvalue weighted by molar-refractivity contribution is -0.114. The van der Waals surface area contributed by atoms with Crippen molar-refractivity contribution in [3.63, 3.8) is 0 Å². The minimum atomic E-state index is -0.309. The van der Waals surface area contributed by atoms with Crippen molar-refractivity contribution >= 4 is 11.6 Å². The second-order valence-electron chi connectivity index (χ2n) is 3.02. The molecule has 1 amide bonds. The fourth-order valence-electron chi connectivity index (χ4n) is 1.24. The van der Waals surface area contributed by atoms with Gasteiger partial charge in [-0.15, -0.1) is 5.11 Å². The second kappa shape index (κ2) is 3.41. The molecule has 0 bridgehead atoms. The highest BCUT2D eigenvalue weighted by molar-refractivity contribution is 5.88. The summed E-state index contributed by atoms with van der Waals surface area (Å²) in [5.74, 6) is -0.309. The average molecular weight is 187 g/mol. The van der Waals surface area contributed by atoms with Gasteiger partial charge in [0.25, 0.3) is 5.91 Å². The molecule has 1 aliphatic rings. The Morgan fingerprint density at radius 3 is 2.50 bits per heavy atom. The Hall–Kier alpha value is -1.97. The second-order valence-corrected chi connectivity index (χ2v) is 3.02. The summed E-state index contributed by atoms with van der Waals surface area (Å²) in [5, 5.41) is 7.34. The molecule has 2 N–H and O–H groups in total. The number of benzene rings is 1. The van der Waals surface area contributed by atoms with Crippen molar-refractivity contribution in [1.82, 2.24) is 0 Å². The van der Waals surface area contributed by atoms with E-state index in [1.807, 2.05) is 12.1 Å². The quantitative estimate of drug-likeness (QED) is 0.682. The molecule has 70 valence electrons. The van der Waals surface area contributed by atoms with Gasteiger partial charge in [0.15, 0.2) is 0 Å². The lowest BCUT2D eigenvalue weighted by Gasteiger charge is -2.08. The number of nitrogens with zero attached hydrogens (tertiary/aromatic N) is 2. The summed E-state index contributed by atoms with van der Waals surface area (Å²) >= 11 is 0. The summed E-state index contributed by atoms with van der Waals surface area (Å²) in [6.07, 6.45) is 3.15. The number of carbonyl (C=O) groups excluding carboxylic acids is 1. The van der Waals surface area contributed by atoms with Gasteiger partial charge in [-0.3, -0.25) is 4.79 Å². The summed E-state index contributed by atoms with van der Waals surface area (Å²) in [7, 11) is 0. The third kappa shape index (κ3) is 1.69. The SMILES string of the molecule is Nc1ccc(C2C=CC(=O)N=N2)cc1. The molecule has 0 saturated heterocycles. The molecular formula is C10H9N3O. The van der Waals surface area contributed by atoms with Gasteiger partial charge in [0.05, 0.1) is 0 Å². The van der Waals surface area contributed by atoms with Crippen molar-refractivity contribution in [1.29, 1.82) is 0 Å². The van der Waals surface area contributed by atoms with Crippen molar-refractivity contribution in [2.75, 3.05) is 5.73 Å². The number of nitrogen functional groups attached to an aromatic ring is 1. The first-order valence-electron chi connectivity index (χ1n) is 4.24. The summed E-state index contributed by atoms with van der Waals surface area (Å²) in [5.41, 5.74) is 7.24. The molecule has 14 heavy (non-hydrogen) atoms. The minimum absolute atomic E-state index is 0.159. The Labute approximate surface area is 81.1 Å². The molecule has 1 unspecified atom stereocenters. The number of anilines is 1. The molecular weight excluding hydrogens is 178 g/mol. The summed E-state index contributed by atoms with van der Waals surface area (Å²) in [6.45, 7) is 0. The average Bonchev–Trinajstić information content (AvgIpc) is 2.21. The molecule has 0 spiro atoms. The Morgan fingerprint density at radius 1 is 1.21 bits per heavy atom. The molecule has 1 aromatic carbocycles. The normalized spacial score (nSPS) is 20.0. The number of rotatable bonds is 1. The van der Waals surface area contributed by atoms with Crippen LogP contribution in [-0.2, 0) is 4.79 Å². The number of carbonyl (C=O) groups is 1. The van der Waals surface area contributed by atoms with Crippen LogP contribution in [0.1, 0.15) is 11.6 Å². The zero-order valence-corrected chi connectivity index (χ0v) is 7.42. The van der Waals surface area contributed by atoms with Crippen LogP contribution in [-0.4, -0.2) is 5.91 Å². The fraction of sp³-hybridized carbons (Fsp3) is 0.100. The maximum Gasteiger partial charge on any atom is 0.287 e. The zero-order valence-electron chi connectivity index (χ0n) is 7.42. The number of hydrogen-bond acceptors (Lipinski definition) is 3. The highest BCUT2D eigenvalue weighted by Crippen LogP contribution is 2.22. The van der Waals surface area contributed by atoms with E-state index in [0.717, 1.165) is 5.56 Å². The Morgan fingerprint density at radius 2 is 1.93 bits per heavy atom. The van der Waals surface area contributed by atoms with Crippen LogP contribution in [0.15, 0.2) is 46.6 Å². The van der Waals surface area contributed by atoms with Crippen LogP contribution in [0.3, 0.4) is 0 Å². The van der Waals surface area contributed by atoms with Gasteiger partial charge in [-0.2, -0.15) is 5.11 Å². The first-order valence-corrected chi connectivity index (χ1v) is 4.24. The van der Waals surface area contributed by atoms with Gasteiger partial charge in [-0.05, 0) is 23.8 Å². The van der Waals surface area contributed by atoms with Crippen LogP contribution in [0.2, 0.25) is 0 Å². The van der Waals surface area contributed by atoms with E-state index in [9.17, 15) is 4.79 Å². The predicted octanol–water partition coefficient (Wildman–Crippen LogP) is 1.86. The molecule has 0 saturated carbocycles. The van der Waals surface area contributed by atoms with Gasteiger partial charge < -0.3 is 5.73 Å². The van der Waals surface area contributed by atoms with Crippen LogP contribution in [0, 0.1) is 0 Å². The van der Waals surface area contributed by atoms with Crippen molar-refractivity contribution in [3.8, 4) is 0 Å². The molecule has 1 atom stereocenters. The minimum Gasteiger partial charge on any atom is -0.399 e. The molecule has 2 rings (SSSR count). The number of amides is 1. The van der Waals surface area contributed by atoms with Gasteiger partial charge in [-0.25, -0.2) is 0 Å². The zero-order chi connectivity index (χ0) is 9.97. The fourth-order valence-corrected chi connectivity index (χ4v) is 1.24. The Kier molecular flexibility index (Phi) is 2.10. The molecule has 0 fully saturated rings. The van der Waals surface area contributed by atoms with Crippen LogP contribution in [0.5, 0.6) is 0 Å². The molecule has 0 aliphatic carbocycles. The Balaban J connectivity index is 2.24. The van der Waals surface area contributed by atoms with Gasteiger partial charge in [0, 0.05) is 11.8 Å². The van der Waals surface area contributed by atoms with Crippen molar-refractivity contribution in [2.45, 2.75) is 6.04 Å². The predicted molar refractivity (Wildman–Crippen MR) is 52.6 cm³/mol. The molecule has 0 radical (unpaired) electrons. The van der Waals surface area contributed by atoms with Crippen molar-refractivity contribution < 1.29 is 4.79 Å². The van der Waals surface area contributed by atoms with Gasteiger partial charge >= 0.3 is 0 Å². The molecule has 1 aromatic rings. The largest absolute Gasteiger partial charge is 0.399 e. The highest BCUT2D eigenvalue weighted by atomic mass is 16.1. The van der Waals surface area contributed by atoms with E-state index in [1.54, 1.807) is 18.2 Å². The van der Waals surface area contributed by atoms with Crippen molar-refractivity contribution in [3.05, 3.63) is 42.0 Å². The molecule has 4 heteroatoms. The summed E-state index contributed by atoms with van der Waals surface area (Å²) < 4.78 is 0. The third-order valence-corrected chi connectivity index (χ3v) is 1.98. The van der Waals surface area contributed by atoms with E-state index in [1.165, 1.54) is 6.08 Å². The maximum absolute atomic E-state index is 10.7. The van der Waals surface area contributed by atoms with E-state index in [2.05, 4.69) is 10.2 Å². The maximum atomic E-state index is 10.7. The van der Waals surface area contributed by atoms with Gasteiger partial charge in [-0.1, -0.05) is 12.1 Å². The van der Waals surface area contributed by atoms with E-state index in [4.69, 9.17) is 5.73 Å². The van der Waals surface area contributed by atoms with Crippen LogP contribution in [0.25, 0.3) is 0 Å². The van der Waals surface area contributed by atoms with E-state index in [-0.39, 0.29) is 11.9 Å².